The van der Waals surface area contributed by atoms with Gasteiger partial charge in [-0.2, -0.15) is 0 Å². The Morgan fingerprint density at radius 3 is 2.14 bits per heavy atom. The fourth-order valence-corrected chi connectivity index (χ4v) is 2.66. The van der Waals surface area contributed by atoms with E-state index in [1.807, 2.05) is 38.1 Å². The van der Waals surface area contributed by atoms with Crippen LogP contribution in [-0.4, -0.2) is 25.3 Å². The van der Waals surface area contributed by atoms with Crippen LogP contribution in [0.25, 0.3) is 16.8 Å². The standard InChI is InChI=1S/C18H20O4/c1-5-12(18(19)20)10-15-11(2)16(21-3)13-8-6-7-9-14(13)17(15)22-4/h6-10H,5H2,1-4H3,(H,19,20)/b12-10-. The molecule has 0 aliphatic rings. The number of hydrogen-bond acceptors (Lipinski definition) is 3. The highest BCUT2D eigenvalue weighted by Crippen LogP contribution is 2.41. The second-order valence-corrected chi connectivity index (χ2v) is 4.98. The van der Waals surface area contributed by atoms with Crippen LogP contribution < -0.4 is 9.47 Å². The van der Waals surface area contributed by atoms with E-state index in [1.54, 1.807) is 20.3 Å². The van der Waals surface area contributed by atoms with Crippen molar-refractivity contribution < 1.29 is 19.4 Å². The van der Waals surface area contributed by atoms with E-state index in [0.717, 1.165) is 27.6 Å². The molecule has 4 nitrogen and oxygen atoms in total. The fourth-order valence-electron chi connectivity index (χ4n) is 2.66. The summed E-state index contributed by atoms with van der Waals surface area (Å²) >= 11 is 0. The summed E-state index contributed by atoms with van der Waals surface area (Å²) < 4.78 is 11.1. The van der Waals surface area contributed by atoms with E-state index in [1.165, 1.54) is 0 Å². The molecule has 4 heteroatoms. The monoisotopic (exact) mass is 300 g/mol. The number of carboxylic acids is 1. The molecule has 1 N–H and O–H groups in total. The fraction of sp³-hybridized carbons (Fsp3) is 0.278. The van der Waals surface area contributed by atoms with Gasteiger partial charge in [0, 0.05) is 27.5 Å². The molecule has 0 aliphatic carbocycles. The number of fused-ring (bicyclic) bond motifs is 1. The Balaban J connectivity index is 2.89. The molecule has 0 atom stereocenters. The highest BCUT2D eigenvalue weighted by Gasteiger charge is 2.18. The van der Waals surface area contributed by atoms with Crippen molar-refractivity contribution in [2.45, 2.75) is 20.3 Å². The minimum Gasteiger partial charge on any atom is -0.496 e. The number of carbonyl (C=O) groups is 1. The maximum absolute atomic E-state index is 11.3. The van der Waals surface area contributed by atoms with Gasteiger partial charge in [0.2, 0.25) is 0 Å². The molecule has 22 heavy (non-hydrogen) atoms. The van der Waals surface area contributed by atoms with Gasteiger partial charge in [0.1, 0.15) is 11.5 Å². The van der Waals surface area contributed by atoms with E-state index in [2.05, 4.69) is 0 Å². The van der Waals surface area contributed by atoms with Crippen molar-refractivity contribution in [3.05, 3.63) is 41.0 Å². The lowest BCUT2D eigenvalue weighted by molar-refractivity contribution is -0.132. The maximum Gasteiger partial charge on any atom is 0.331 e. The first kappa shape index (κ1) is 15.9. The van der Waals surface area contributed by atoms with Crippen LogP contribution in [0.4, 0.5) is 0 Å². The quantitative estimate of drug-likeness (QED) is 0.847. The maximum atomic E-state index is 11.3. The summed E-state index contributed by atoms with van der Waals surface area (Å²) in [7, 11) is 3.21. The Kier molecular flexibility index (Phi) is 4.71. The third kappa shape index (κ3) is 2.64. The lowest BCUT2D eigenvalue weighted by Gasteiger charge is -2.17. The first-order chi connectivity index (χ1) is 10.5. The summed E-state index contributed by atoms with van der Waals surface area (Å²) in [4.78, 5) is 11.3. The van der Waals surface area contributed by atoms with Crippen molar-refractivity contribution in [2.24, 2.45) is 0 Å². The van der Waals surface area contributed by atoms with E-state index in [-0.39, 0.29) is 0 Å². The van der Waals surface area contributed by atoms with Gasteiger partial charge in [-0.3, -0.25) is 0 Å². The lowest BCUT2D eigenvalue weighted by atomic mass is 9.96. The second kappa shape index (κ2) is 6.52. The molecular formula is C18H20O4. The van der Waals surface area contributed by atoms with Crippen molar-refractivity contribution in [3.63, 3.8) is 0 Å². The third-order valence-corrected chi connectivity index (χ3v) is 3.79. The van der Waals surface area contributed by atoms with Crippen molar-refractivity contribution in [2.75, 3.05) is 14.2 Å². The first-order valence-electron chi connectivity index (χ1n) is 7.12. The summed E-state index contributed by atoms with van der Waals surface area (Å²) in [6.45, 7) is 3.73. The van der Waals surface area contributed by atoms with Crippen LogP contribution in [0.2, 0.25) is 0 Å². The molecule has 0 saturated heterocycles. The Labute approximate surface area is 130 Å². The molecule has 0 heterocycles. The molecule has 0 fully saturated rings. The van der Waals surface area contributed by atoms with Crippen molar-refractivity contribution >= 4 is 22.8 Å². The number of rotatable bonds is 5. The summed E-state index contributed by atoms with van der Waals surface area (Å²) in [5, 5.41) is 11.1. The summed E-state index contributed by atoms with van der Waals surface area (Å²) in [5.41, 5.74) is 1.95. The smallest absolute Gasteiger partial charge is 0.331 e. The predicted molar refractivity (Wildman–Crippen MR) is 87.7 cm³/mol. The molecule has 0 saturated carbocycles. The normalized spacial score (nSPS) is 11.5. The molecule has 0 spiro atoms. The van der Waals surface area contributed by atoms with Gasteiger partial charge in [-0.05, 0) is 19.4 Å². The zero-order valence-corrected chi connectivity index (χ0v) is 13.3. The number of benzene rings is 2. The average Bonchev–Trinajstić information content (AvgIpc) is 2.52. The van der Waals surface area contributed by atoms with Crippen LogP contribution in [0.1, 0.15) is 24.5 Å². The zero-order valence-electron chi connectivity index (χ0n) is 13.3. The molecule has 2 rings (SSSR count). The minimum atomic E-state index is -0.920. The topological polar surface area (TPSA) is 55.8 Å². The molecular weight excluding hydrogens is 280 g/mol. The van der Waals surface area contributed by atoms with Crippen molar-refractivity contribution in [1.82, 2.24) is 0 Å². The van der Waals surface area contributed by atoms with Gasteiger partial charge < -0.3 is 14.6 Å². The third-order valence-electron chi connectivity index (χ3n) is 3.79. The van der Waals surface area contributed by atoms with Crippen LogP contribution in [0.3, 0.4) is 0 Å². The van der Waals surface area contributed by atoms with Gasteiger partial charge in [0.05, 0.1) is 14.2 Å². The predicted octanol–water partition coefficient (Wildman–Crippen LogP) is 4.04. The van der Waals surface area contributed by atoms with Crippen LogP contribution in [0, 0.1) is 6.92 Å². The molecule has 0 unspecified atom stereocenters. The van der Waals surface area contributed by atoms with E-state index in [4.69, 9.17) is 9.47 Å². The van der Waals surface area contributed by atoms with Gasteiger partial charge in [0.15, 0.2) is 0 Å². The van der Waals surface area contributed by atoms with Crippen LogP contribution in [-0.2, 0) is 4.79 Å². The van der Waals surface area contributed by atoms with Gasteiger partial charge in [-0.25, -0.2) is 4.79 Å². The van der Waals surface area contributed by atoms with Crippen molar-refractivity contribution in [1.29, 1.82) is 0 Å². The Bertz CT molecular complexity index is 744. The molecule has 0 aromatic heterocycles. The van der Waals surface area contributed by atoms with E-state index < -0.39 is 5.97 Å². The molecule has 116 valence electrons. The van der Waals surface area contributed by atoms with Crippen LogP contribution >= 0.6 is 0 Å². The number of ether oxygens (including phenoxy) is 2. The first-order valence-corrected chi connectivity index (χ1v) is 7.12. The molecule has 0 radical (unpaired) electrons. The van der Waals surface area contributed by atoms with Gasteiger partial charge in [-0.15, -0.1) is 0 Å². The van der Waals surface area contributed by atoms with E-state index >= 15 is 0 Å². The summed E-state index contributed by atoms with van der Waals surface area (Å²) in [6, 6.07) is 7.77. The molecule has 0 aliphatic heterocycles. The average molecular weight is 300 g/mol. The van der Waals surface area contributed by atoms with E-state index in [9.17, 15) is 9.90 Å². The van der Waals surface area contributed by atoms with Gasteiger partial charge >= 0.3 is 5.97 Å². The Hall–Kier alpha value is -2.49. The van der Waals surface area contributed by atoms with E-state index in [0.29, 0.717) is 17.7 Å². The van der Waals surface area contributed by atoms with Crippen LogP contribution in [0.5, 0.6) is 11.5 Å². The Morgan fingerprint density at radius 2 is 1.68 bits per heavy atom. The summed E-state index contributed by atoms with van der Waals surface area (Å²) in [5.74, 6) is 0.487. The summed E-state index contributed by atoms with van der Waals surface area (Å²) in [6.07, 6.45) is 2.11. The lowest BCUT2D eigenvalue weighted by Crippen LogP contribution is -2.02. The van der Waals surface area contributed by atoms with Gasteiger partial charge in [-0.1, -0.05) is 31.2 Å². The highest BCUT2D eigenvalue weighted by atomic mass is 16.5. The second-order valence-electron chi connectivity index (χ2n) is 4.98. The molecule has 2 aromatic carbocycles. The molecule has 0 bridgehead atoms. The zero-order chi connectivity index (χ0) is 16.3. The number of hydrogen-bond donors (Lipinski definition) is 1. The van der Waals surface area contributed by atoms with Crippen molar-refractivity contribution in [3.8, 4) is 11.5 Å². The molecule has 2 aromatic rings. The Morgan fingerprint density at radius 1 is 1.14 bits per heavy atom. The highest BCUT2D eigenvalue weighted by molar-refractivity contribution is 6.00. The SMILES string of the molecule is CC/C(=C/c1c(C)c(OC)c2ccccc2c1OC)C(=O)O. The van der Waals surface area contributed by atoms with Crippen LogP contribution in [0.15, 0.2) is 29.8 Å². The molecule has 0 amide bonds. The number of aliphatic carboxylic acids is 1. The largest absolute Gasteiger partial charge is 0.496 e. The number of carboxylic acid groups (broad SMARTS) is 1. The van der Waals surface area contributed by atoms with Gasteiger partial charge in [0.25, 0.3) is 0 Å². The number of methoxy groups -OCH3 is 2. The minimum absolute atomic E-state index is 0.332.